The molecule has 5 heteroatoms. The Morgan fingerprint density at radius 3 is 3.13 bits per heavy atom. The van der Waals surface area contributed by atoms with E-state index in [0.717, 1.165) is 9.22 Å². The zero-order chi connectivity index (χ0) is 10.8. The maximum atomic E-state index is 11.6. The van der Waals surface area contributed by atoms with Crippen molar-refractivity contribution in [3.8, 4) is 0 Å². The standard InChI is InChI=1S/C10H9IN2O2/c1-2-15-10(14)8-5-3-4-7-9(11)12-6-13(7)8/h3-6H,2H2,1H3. The van der Waals surface area contributed by atoms with Gasteiger partial charge >= 0.3 is 5.97 Å². The van der Waals surface area contributed by atoms with Gasteiger partial charge in [0.05, 0.1) is 12.1 Å². The average molecular weight is 316 g/mol. The molecule has 2 heterocycles. The number of rotatable bonds is 2. The van der Waals surface area contributed by atoms with Gasteiger partial charge in [0.2, 0.25) is 0 Å². The van der Waals surface area contributed by atoms with Crippen LogP contribution in [0, 0.1) is 3.70 Å². The van der Waals surface area contributed by atoms with Crippen LogP contribution in [0.15, 0.2) is 24.5 Å². The van der Waals surface area contributed by atoms with Crippen molar-refractivity contribution in [1.82, 2.24) is 9.38 Å². The lowest BCUT2D eigenvalue weighted by molar-refractivity contribution is 0.0517. The molecule has 0 spiro atoms. The van der Waals surface area contributed by atoms with E-state index in [0.29, 0.717) is 12.3 Å². The Kier molecular flexibility index (Phi) is 2.90. The number of hydrogen-bond acceptors (Lipinski definition) is 3. The number of imidazole rings is 1. The van der Waals surface area contributed by atoms with Crippen LogP contribution in [0.4, 0.5) is 0 Å². The van der Waals surface area contributed by atoms with E-state index in [1.807, 2.05) is 12.1 Å². The number of esters is 1. The summed E-state index contributed by atoms with van der Waals surface area (Å²) in [5.74, 6) is -0.322. The van der Waals surface area contributed by atoms with E-state index < -0.39 is 0 Å². The highest BCUT2D eigenvalue weighted by atomic mass is 127. The molecule has 0 aliphatic rings. The summed E-state index contributed by atoms with van der Waals surface area (Å²) in [5.41, 5.74) is 1.42. The molecule has 0 fully saturated rings. The quantitative estimate of drug-likeness (QED) is 0.630. The van der Waals surface area contributed by atoms with Crippen LogP contribution in [0.1, 0.15) is 17.4 Å². The zero-order valence-electron chi connectivity index (χ0n) is 8.11. The number of carbonyl (C=O) groups is 1. The molecule has 2 aromatic rings. The van der Waals surface area contributed by atoms with Crippen LogP contribution in [0.25, 0.3) is 5.52 Å². The number of nitrogens with zero attached hydrogens (tertiary/aromatic N) is 2. The third-order valence-electron chi connectivity index (χ3n) is 2.01. The smallest absolute Gasteiger partial charge is 0.355 e. The van der Waals surface area contributed by atoms with Crippen LogP contribution in [-0.2, 0) is 4.74 Å². The molecule has 0 bridgehead atoms. The lowest BCUT2D eigenvalue weighted by Crippen LogP contribution is -2.09. The first kappa shape index (κ1) is 10.4. The summed E-state index contributed by atoms with van der Waals surface area (Å²) >= 11 is 2.13. The Hall–Kier alpha value is -1.11. The van der Waals surface area contributed by atoms with Crippen molar-refractivity contribution < 1.29 is 9.53 Å². The minimum absolute atomic E-state index is 0.322. The lowest BCUT2D eigenvalue weighted by Gasteiger charge is -2.04. The Balaban J connectivity index is 2.56. The van der Waals surface area contributed by atoms with Crippen molar-refractivity contribution >= 4 is 34.1 Å². The van der Waals surface area contributed by atoms with Gasteiger partial charge in [-0.05, 0) is 41.6 Å². The van der Waals surface area contributed by atoms with Gasteiger partial charge in [-0.15, -0.1) is 0 Å². The Labute approximate surface area is 100 Å². The highest BCUT2D eigenvalue weighted by molar-refractivity contribution is 14.1. The third kappa shape index (κ3) is 1.83. The molecular weight excluding hydrogens is 307 g/mol. The Bertz CT molecular complexity index is 507. The second kappa shape index (κ2) is 4.18. The van der Waals surface area contributed by atoms with Crippen molar-refractivity contribution in [1.29, 1.82) is 0 Å². The highest BCUT2D eigenvalue weighted by Gasteiger charge is 2.12. The molecule has 4 nitrogen and oxygen atoms in total. The van der Waals surface area contributed by atoms with Gasteiger partial charge < -0.3 is 4.74 Å². The van der Waals surface area contributed by atoms with Gasteiger partial charge in [0.1, 0.15) is 15.7 Å². The van der Waals surface area contributed by atoms with Gasteiger partial charge in [-0.25, -0.2) is 9.78 Å². The molecule has 0 amide bonds. The van der Waals surface area contributed by atoms with E-state index >= 15 is 0 Å². The number of halogens is 1. The minimum Gasteiger partial charge on any atom is -0.461 e. The van der Waals surface area contributed by atoms with Crippen molar-refractivity contribution in [2.45, 2.75) is 6.92 Å². The van der Waals surface area contributed by atoms with Crippen LogP contribution >= 0.6 is 22.6 Å². The van der Waals surface area contributed by atoms with Crippen LogP contribution in [0.3, 0.4) is 0 Å². The molecule has 15 heavy (non-hydrogen) atoms. The SMILES string of the molecule is CCOC(=O)c1cccc2c(I)ncn12. The topological polar surface area (TPSA) is 43.6 Å². The number of carbonyl (C=O) groups excluding carboxylic acids is 1. The molecule has 0 aliphatic carbocycles. The molecule has 0 unspecified atom stereocenters. The van der Waals surface area contributed by atoms with Crippen molar-refractivity contribution in [2.75, 3.05) is 6.61 Å². The summed E-state index contributed by atoms with van der Waals surface area (Å²) in [6, 6.07) is 5.46. The maximum Gasteiger partial charge on any atom is 0.355 e. The van der Waals surface area contributed by atoms with E-state index in [1.54, 1.807) is 23.7 Å². The molecule has 78 valence electrons. The summed E-state index contributed by atoms with van der Waals surface area (Å²) in [6.07, 6.45) is 1.63. The Morgan fingerprint density at radius 2 is 2.40 bits per heavy atom. The van der Waals surface area contributed by atoms with Crippen LogP contribution in [0.5, 0.6) is 0 Å². The van der Waals surface area contributed by atoms with Gasteiger partial charge in [0.15, 0.2) is 0 Å². The molecule has 2 rings (SSSR count). The van der Waals surface area contributed by atoms with E-state index in [2.05, 4.69) is 27.6 Å². The first-order chi connectivity index (χ1) is 7.24. The van der Waals surface area contributed by atoms with Crippen LogP contribution < -0.4 is 0 Å². The van der Waals surface area contributed by atoms with E-state index in [9.17, 15) is 4.79 Å². The maximum absolute atomic E-state index is 11.6. The molecular formula is C10H9IN2O2. The number of hydrogen-bond donors (Lipinski definition) is 0. The second-order valence-electron chi connectivity index (χ2n) is 2.92. The van der Waals surface area contributed by atoms with E-state index in [-0.39, 0.29) is 5.97 Å². The van der Waals surface area contributed by atoms with E-state index in [1.165, 1.54) is 0 Å². The fourth-order valence-corrected chi connectivity index (χ4v) is 1.92. The predicted molar refractivity (Wildman–Crippen MR) is 63.9 cm³/mol. The van der Waals surface area contributed by atoms with Gasteiger partial charge in [0, 0.05) is 0 Å². The van der Waals surface area contributed by atoms with Crippen LogP contribution in [-0.4, -0.2) is 22.0 Å². The average Bonchev–Trinajstić information content (AvgIpc) is 2.61. The molecule has 0 saturated carbocycles. The van der Waals surface area contributed by atoms with Crippen molar-refractivity contribution in [3.63, 3.8) is 0 Å². The fraction of sp³-hybridized carbons (Fsp3) is 0.200. The molecule has 0 N–H and O–H groups in total. The summed E-state index contributed by atoms with van der Waals surface area (Å²) in [6.45, 7) is 2.16. The van der Waals surface area contributed by atoms with Crippen molar-refractivity contribution in [3.05, 3.63) is 33.9 Å². The summed E-state index contributed by atoms with van der Waals surface area (Å²) in [7, 11) is 0. The molecule has 0 aromatic carbocycles. The first-order valence-corrected chi connectivity index (χ1v) is 5.60. The first-order valence-electron chi connectivity index (χ1n) is 4.52. The molecule has 0 aliphatic heterocycles. The number of aromatic nitrogens is 2. The number of fused-ring (bicyclic) bond motifs is 1. The fourth-order valence-electron chi connectivity index (χ4n) is 1.36. The molecule has 2 aromatic heterocycles. The second-order valence-corrected chi connectivity index (χ2v) is 3.94. The summed E-state index contributed by atoms with van der Waals surface area (Å²) in [5, 5.41) is 0. The van der Waals surface area contributed by atoms with Gasteiger partial charge in [0.25, 0.3) is 0 Å². The third-order valence-corrected chi connectivity index (χ3v) is 2.84. The zero-order valence-corrected chi connectivity index (χ0v) is 10.3. The van der Waals surface area contributed by atoms with Gasteiger partial charge in [-0.1, -0.05) is 6.07 Å². The van der Waals surface area contributed by atoms with Gasteiger partial charge in [-0.2, -0.15) is 0 Å². The summed E-state index contributed by atoms with van der Waals surface area (Å²) in [4.78, 5) is 15.7. The normalized spacial score (nSPS) is 10.5. The predicted octanol–water partition coefficient (Wildman–Crippen LogP) is 2.12. The van der Waals surface area contributed by atoms with E-state index in [4.69, 9.17) is 4.74 Å². The minimum atomic E-state index is -0.322. The number of pyridine rings is 1. The van der Waals surface area contributed by atoms with Gasteiger partial charge in [-0.3, -0.25) is 4.40 Å². The summed E-state index contributed by atoms with van der Waals surface area (Å²) < 4.78 is 7.57. The molecule has 0 atom stereocenters. The largest absolute Gasteiger partial charge is 0.461 e. The molecule has 0 saturated heterocycles. The molecule has 0 radical (unpaired) electrons. The van der Waals surface area contributed by atoms with Crippen molar-refractivity contribution in [2.24, 2.45) is 0 Å². The Morgan fingerprint density at radius 1 is 1.60 bits per heavy atom. The highest BCUT2D eigenvalue weighted by Crippen LogP contribution is 2.14. The lowest BCUT2D eigenvalue weighted by atomic mass is 10.3. The van der Waals surface area contributed by atoms with Crippen LogP contribution in [0.2, 0.25) is 0 Å². The monoisotopic (exact) mass is 316 g/mol. The number of ether oxygens (including phenoxy) is 1.